The van der Waals surface area contributed by atoms with Crippen LogP contribution in [0.25, 0.3) is 0 Å². The number of hydrogen-bond donors (Lipinski definition) is 1. The fourth-order valence-corrected chi connectivity index (χ4v) is 3.09. The third-order valence-electron chi connectivity index (χ3n) is 4.16. The van der Waals surface area contributed by atoms with Crippen molar-refractivity contribution in [2.45, 2.75) is 19.3 Å². The summed E-state index contributed by atoms with van der Waals surface area (Å²) >= 11 is 0. The third kappa shape index (κ3) is 2.42. The lowest BCUT2D eigenvalue weighted by atomic mass is 9.79. The minimum atomic E-state index is -0.978. The number of carboxylic acids is 1. The first-order valence-electron chi connectivity index (χ1n) is 6.74. The first kappa shape index (κ1) is 13.7. The highest BCUT2D eigenvalue weighted by Gasteiger charge is 2.43. The van der Waals surface area contributed by atoms with Crippen LogP contribution in [-0.4, -0.2) is 11.1 Å². The highest BCUT2D eigenvalue weighted by atomic mass is 19.2. The van der Waals surface area contributed by atoms with Crippen molar-refractivity contribution in [1.29, 1.82) is 0 Å². The standard InChI is InChI=1S/C17H14F2O2/c18-14-6-5-11(7-15(14)19)8-17(16(20)21)9-12-3-1-2-4-13(12)10-17/h1-7H,8-10H2,(H,20,21). The zero-order valence-electron chi connectivity index (χ0n) is 11.3. The van der Waals surface area contributed by atoms with Gasteiger partial charge < -0.3 is 5.11 Å². The third-order valence-corrected chi connectivity index (χ3v) is 4.16. The first-order chi connectivity index (χ1) is 10.00. The smallest absolute Gasteiger partial charge is 0.310 e. The van der Waals surface area contributed by atoms with Crippen molar-refractivity contribution in [2.24, 2.45) is 5.41 Å². The predicted octanol–water partition coefficient (Wildman–Crippen LogP) is 3.38. The van der Waals surface area contributed by atoms with Crippen LogP contribution in [0.3, 0.4) is 0 Å². The summed E-state index contributed by atoms with van der Waals surface area (Å²) in [4.78, 5) is 11.8. The van der Waals surface area contributed by atoms with Gasteiger partial charge in [0.15, 0.2) is 11.6 Å². The van der Waals surface area contributed by atoms with Gasteiger partial charge in [-0.25, -0.2) is 8.78 Å². The van der Waals surface area contributed by atoms with E-state index in [2.05, 4.69) is 0 Å². The number of rotatable bonds is 3. The number of carboxylic acid groups (broad SMARTS) is 1. The zero-order valence-corrected chi connectivity index (χ0v) is 11.3. The van der Waals surface area contributed by atoms with Crippen molar-refractivity contribution in [3.63, 3.8) is 0 Å². The van der Waals surface area contributed by atoms with Gasteiger partial charge in [-0.15, -0.1) is 0 Å². The molecule has 0 heterocycles. The molecule has 1 N–H and O–H groups in total. The second-order valence-corrected chi connectivity index (χ2v) is 5.63. The van der Waals surface area contributed by atoms with E-state index in [1.165, 1.54) is 6.07 Å². The molecule has 0 unspecified atom stereocenters. The average molecular weight is 288 g/mol. The lowest BCUT2D eigenvalue weighted by molar-refractivity contribution is -0.148. The number of halogens is 2. The quantitative estimate of drug-likeness (QED) is 0.940. The van der Waals surface area contributed by atoms with Gasteiger partial charge in [-0.3, -0.25) is 4.79 Å². The lowest BCUT2D eigenvalue weighted by Gasteiger charge is -2.24. The summed E-state index contributed by atoms with van der Waals surface area (Å²) < 4.78 is 26.3. The van der Waals surface area contributed by atoms with Gasteiger partial charge >= 0.3 is 5.97 Å². The SMILES string of the molecule is O=C(O)C1(Cc2ccc(F)c(F)c2)Cc2ccccc2C1. The molecule has 1 aliphatic rings. The highest BCUT2D eigenvalue weighted by Crippen LogP contribution is 2.40. The molecule has 108 valence electrons. The van der Waals surface area contributed by atoms with Gasteiger partial charge in [-0.1, -0.05) is 30.3 Å². The van der Waals surface area contributed by atoms with E-state index in [0.717, 1.165) is 23.3 Å². The van der Waals surface area contributed by atoms with E-state index in [-0.39, 0.29) is 6.42 Å². The molecular weight excluding hydrogens is 274 g/mol. The molecule has 3 rings (SSSR count). The van der Waals surface area contributed by atoms with Crippen LogP contribution < -0.4 is 0 Å². The lowest BCUT2D eigenvalue weighted by Crippen LogP contribution is -2.34. The van der Waals surface area contributed by atoms with Crippen LogP contribution in [0.15, 0.2) is 42.5 Å². The van der Waals surface area contributed by atoms with Gasteiger partial charge in [-0.2, -0.15) is 0 Å². The van der Waals surface area contributed by atoms with Crippen LogP contribution in [0, 0.1) is 17.0 Å². The van der Waals surface area contributed by atoms with Crippen LogP contribution in [0.5, 0.6) is 0 Å². The predicted molar refractivity (Wildman–Crippen MR) is 74.0 cm³/mol. The molecule has 2 aromatic rings. The Balaban J connectivity index is 1.94. The molecule has 0 bridgehead atoms. The van der Waals surface area contributed by atoms with Crippen LogP contribution in [0.2, 0.25) is 0 Å². The first-order valence-corrected chi connectivity index (χ1v) is 6.74. The Labute approximate surface area is 121 Å². The summed E-state index contributed by atoms with van der Waals surface area (Å²) in [6.07, 6.45) is 1.02. The molecule has 2 nitrogen and oxygen atoms in total. The summed E-state index contributed by atoms with van der Waals surface area (Å²) in [6, 6.07) is 11.2. The van der Waals surface area contributed by atoms with Gasteiger partial charge in [0.1, 0.15) is 0 Å². The molecule has 0 spiro atoms. The Hall–Kier alpha value is -2.23. The molecule has 1 aliphatic carbocycles. The summed E-state index contributed by atoms with van der Waals surface area (Å²) in [5.41, 5.74) is 1.56. The molecule has 0 amide bonds. The second-order valence-electron chi connectivity index (χ2n) is 5.63. The minimum Gasteiger partial charge on any atom is -0.481 e. The van der Waals surface area contributed by atoms with Crippen LogP contribution in [0.4, 0.5) is 8.78 Å². The largest absolute Gasteiger partial charge is 0.481 e. The summed E-state index contributed by atoms with van der Waals surface area (Å²) in [5.74, 6) is -2.76. The van der Waals surface area contributed by atoms with Gasteiger partial charge in [0.2, 0.25) is 0 Å². The topological polar surface area (TPSA) is 37.3 Å². The second kappa shape index (κ2) is 4.95. The van der Waals surface area contributed by atoms with Crippen LogP contribution >= 0.6 is 0 Å². The molecule has 0 fully saturated rings. The maximum absolute atomic E-state index is 13.3. The van der Waals surface area contributed by atoms with Gasteiger partial charge in [0, 0.05) is 0 Å². The number of benzene rings is 2. The van der Waals surface area contributed by atoms with E-state index >= 15 is 0 Å². The Kier molecular flexibility index (Phi) is 3.24. The van der Waals surface area contributed by atoms with E-state index in [1.807, 2.05) is 24.3 Å². The minimum absolute atomic E-state index is 0.189. The van der Waals surface area contributed by atoms with Crippen LogP contribution in [-0.2, 0) is 24.1 Å². The summed E-state index contributed by atoms with van der Waals surface area (Å²) in [5, 5.41) is 9.65. The molecular formula is C17H14F2O2. The molecule has 0 aliphatic heterocycles. The van der Waals surface area contributed by atoms with Gasteiger partial charge in [0.05, 0.1) is 5.41 Å². The van der Waals surface area contributed by atoms with Crippen molar-refractivity contribution in [3.8, 4) is 0 Å². The van der Waals surface area contributed by atoms with Crippen molar-refractivity contribution < 1.29 is 18.7 Å². The molecule has 4 heteroatoms. The molecule has 2 aromatic carbocycles. The fraction of sp³-hybridized carbons (Fsp3) is 0.235. The Bertz CT molecular complexity index is 685. The van der Waals surface area contributed by atoms with E-state index in [4.69, 9.17) is 0 Å². The van der Waals surface area contributed by atoms with Crippen LogP contribution in [0.1, 0.15) is 16.7 Å². The number of carbonyl (C=O) groups is 1. The van der Waals surface area contributed by atoms with Crippen molar-refractivity contribution in [3.05, 3.63) is 70.8 Å². The van der Waals surface area contributed by atoms with E-state index < -0.39 is 23.0 Å². The number of fused-ring (bicyclic) bond motifs is 1. The molecule has 0 saturated heterocycles. The van der Waals surface area contributed by atoms with E-state index in [0.29, 0.717) is 18.4 Å². The average Bonchev–Trinajstić information content (AvgIpc) is 2.82. The van der Waals surface area contributed by atoms with Crippen molar-refractivity contribution in [2.75, 3.05) is 0 Å². The Morgan fingerprint density at radius 2 is 1.67 bits per heavy atom. The molecule has 0 aromatic heterocycles. The Morgan fingerprint density at radius 1 is 1.05 bits per heavy atom. The Morgan fingerprint density at radius 3 is 2.19 bits per heavy atom. The maximum atomic E-state index is 13.3. The molecule has 0 radical (unpaired) electrons. The van der Waals surface area contributed by atoms with E-state index in [9.17, 15) is 18.7 Å². The molecule has 0 saturated carbocycles. The summed E-state index contributed by atoms with van der Waals surface area (Å²) in [7, 11) is 0. The van der Waals surface area contributed by atoms with Gasteiger partial charge in [0.25, 0.3) is 0 Å². The van der Waals surface area contributed by atoms with Crippen molar-refractivity contribution >= 4 is 5.97 Å². The fourth-order valence-electron chi connectivity index (χ4n) is 3.09. The van der Waals surface area contributed by atoms with Crippen molar-refractivity contribution in [1.82, 2.24) is 0 Å². The summed E-state index contributed by atoms with van der Waals surface area (Å²) in [6.45, 7) is 0. The zero-order chi connectivity index (χ0) is 15.0. The maximum Gasteiger partial charge on any atom is 0.310 e. The monoisotopic (exact) mass is 288 g/mol. The highest BCUT2D eigenvalue weighted by molar-refractivity contribution is 5.77. The van der Waals surface area contributed by atoms with Gasteiger partial charge in [-0.05, 0) is 48.1 Å². The molecule has 21 heavy (non-hydrogen) atoms. The number of aliphatic carboxylic acids is 1. The number of hydrogen-bond acceptors (Lipinski definition) is 1. The van der Waals surface area contributed by atoms with E-state index in [1.54, 1.807) is 0 Å². The molecule has 0 atom stereocenters. The normalized spacial score (nSPS) is 15.7.